The molecule has 2 atom stereocenters. The van der Waals surface area contributed by atoms with E-state index in [1.54, 1.807) is 11.1 Å². The van der Waals surface area contributed by atoms with E-state index in [1.165, 1.54) is 17.8 Å². The number of alkyl carbamates (subject to hydrolysis) is 1. The summed E-state index contributed by atoms with van der Waals surface area (Å²) in [5, 5.41) is 12.0. The van der Waals surface area contributed by atoms with Crippen molar-refractivity contribution < 1.29 is 33.0 Å². The van der Waals surface area contributed by atoms with Crippen LogP contribution in [-0.2, 0) is 20.9 Å². The van der Waals surface area contributed by atoms with E-state index in [4.69, 9.17) is 15.6 Å². The molecule has 50 heavy (non-hydrogen) atoms. The van der Waals surface area contributed by atoms with E-state index in [2.05, 4.69) is 25.0 Å². The minimum Gasteiger partial charge on any atom is -0.480 e. The number of nitrogens with zero attached hydrogens (tertiary/aromatic N) is 2. The third-order valence-corrected chi connectivity index (χ3v) is 10.8. The van der Waals surface area contributed by atoms with Crippen LogP contribution < -0.4 is 11.1 Å². The molecule has 0 spiro atoms. The Kier molecular flexibility index (Phi) is 15.1. The molecule has 0 aliphatic heterocycles. The highest BCUT2D eigenvalue weighted by atomic mass is 32.2. The lowest BCUT2D eigenvalue weighted by molar-refractivity contribution is -0.138. The largest absolute Gasteiger partial charge is 0.480 e. The molecule has 0 bridgehead atoms. The van der Waals surface area contributed by atoms with Gasteiger partial charge in [-0.05, 0) is 59.9 Å². The maximum atomic E-state index is 15.1. The standard InChI is InChI=1S/C37H52F2N4O5SSi/c1-37(2,3)34(32-21-27(29-22-28(38)13-14-30(29)39)24-42(32)23-26-11-8-7-9-12-26)43(33(44)25-49-19-15-31(40)35(45)46)17-10-16-41-36(47)48-18-20-50(4,5)6/h7-9,11-14,21-22,24,31,34H,10,15-20,23,25,40H2,1-6H3,(H,41,47)(H,45,46). The van der Waals surface area contributed by atoms with Gasteiger partial charge in [0.25, 0.3) is 0 Å². The van der Waals surface area contributed by atoms with Gasteiger partial charge in [-0.25, -0.2) is 13.6 Å². The Morgan fingerprint density at radius 1 is 1.08 bits per heavy atom. The molecule has 2 aromatic carbocycles. The fraction of sp³-hybridized carbons (Fsp3) is 0.486. The molecule has 13 heteroatoms. The van der Waals surface area contributed by atoms with Crippen molar-refractivity contribution in [1.82, 2.24) is 14.8 Å². The SMILES string of the molecule is CC(C)(C)C(c1cc(-c2cc(F)ccc2F)cn1Cc1ccccc1)N(CCCNC(=O)OCC[Si](C)(C)C)C(=O)CSCCC(N)C(=O)O. The molecule has 2 amide bonds. The first-order chi connectivity index (χ1) is 23.5. The second-order valence-corrected chi connectivity index (χ2v) is 21.5. The summed E-state index contributed by atoms with van der Waals surface area (Å²) >= 11 is 1.31. The lowest BCUT2D eigenvalue weighted by Crippen LogP contribution is -2.44. The van der Waals surface area contributed by atoms with Crippen molar-refractivity contribution in [2.24, 2.45) is 11.1 Å². The van der Waals surface area contributed by atoms with Crippen molar-refractivity contribution >= 4 is 37.8 Å². The molecule has 1 heterocycles. The monoisotopic (exact) mass is 730 g/mol. The second kappa shape index (κ2) is 18.5. The molecule has 3 rings (SSSR count). The summed E-state index contributed by atoms with van der Waals surface area (Å²) in [6.45, 7) is 14.0. The number of aliphatic carboxylic acids is 1. The van der Waals surface area contributed by atoms with Gasteiger partial charge in [-0.1, -0.05) is 70.7 Å². The average molecular weight is 731 g/mol. The first-order valence-corrected chi connectivity index (χ1v) is 21.8. The van der Waals surface area contributed by atoms with Gasteiger partial charge in [0.2, 0.25) is 5.91 Å². The Bertz CT molecular complexity index is 1580. The number of carbonyl (C=O) groups excluding carboxylic acids is 2. The van der Waals surface area contributed by atoms with Crippen LogP contribution in [0.5, 0.6) is 0 Å². The van der Waals surface area contributed by atoms with Gasteiger partial charge in [0.05, 0.1) is 18.4 Å². The molecular weight excluding hydrogens is 679 g/mol. The molecule has 4 N–H and O–H groups in total. The Balaban J connectivity index is 1.97. The van der Waals surface area contributed by atoms with Crippen LogP contribution in [-0.4, -0.2) is 77.9 Å². The maximum Gasteiger partial charge on any atom is 0.407 e. The highest BCUT2D eigenvalue weighted by molar-refractivity contribution is 7.99. The number of rotatable bonds is 18. The fourth-order valence-corrected chi connectivity index (χ4v) is 7.15. The number of nitrogens with one attached hydrogen (secondary N) is 1. The molecular formula is C37H52F2N4O5SSi. The molecule has 274 valence electrons. The van der Waals surface area contributed by atoms with E-state index in [0.29, 0.717) is 30.9 Å². The number of hydrogen-bond donors (Lipinski definition) is 3. The van der Waals surface area contributed by atoms with Crippen LogP contribution >= 0.6 is 11.8 Å². The van der Waals surface area contributed by atoms with Crippen LogP contribution in [0.1, 0.15) is 50.9 Å². The zero-order valence-corrected chi connectivity index (χ0v) is 31.8. The van der Waals surface area contributed by atoms with Crippen molar-refractivity contribution in [2.75, 3.05) is 31.2 Å². The summed E-state index contributed by atoms with van der Waals surface area (Å²) in [6, 6.07) is 14.2. The maximum absolute atomic E-state index is 15.1. The number of carbonyl (C=O) groups is 3. The van der Waals surface area contributed by atoms with Crippen LogP contribution in [0, 0.1) is 17.0 Å². The van der Waals surface area contributed by atoms with Crippen molar-refractivity contribution in [3.63, 3.8) is 0 Å². The van der Waals surface area contributed by atoms with Gasteiger partial charge < -0.3 is 30.4 Å². The number of amides is 2. The summed E-state index contributed by atoms with van der Waals surface area (Å²) in [4.78, 5) is 39.5. The van der Waals surface area contributed by atoms with Gasteiger partial charge >= 0.3 is 12.1 Å². The Labute approximate surface area is 300 Å². The number of halogens is 2. The van der Waals surface area contributed by atoms with Crippen molar-refractivity contribution in [2.45, 2.75) is 77.9 Å². The second-order valence-electron chi connectivity index (χ2n) is 14.8. The third kappa shape index (κ3) is 12.9. The number of carboxylic acid groups (broad SMARTS) is 1. The molecule has 1 aromatic heterocycles. The summed E-state index contributed by atoms with van der Waals surface area (Å²) in [7, 11) is -1.36. The van der Waals surface area contributed by atoms with Crippen molar-refractivity contribution in [3.05, 3.63) is 83.7 Å². The Hall–Kier alpha value is -3.68. The molecule has 0 aliphatic rings. The highest BCUT2D eigenvalue weighted by Gasteiger charge is 2.37. The van der Waals surface area contributed by atoms with Crippen LogP contribution in [0.15, 0.2) is 60.8 Å². The van der Waals surface area contributed by atoms with Crippen molar-refractivity contribution in [3.8, 4) is 11.1 Å². The van der Waals surface area contributed by atoms with E-state index in [1.807, 2.05) is 61.7 Å². The number of hydrogen-bond acceptors (Lipinski definition) is 6. The molecule has 0 saturated carbocycles. The smallest absolute Gasteiger partial charge is 0.407 e. The third-order valence-electron chi connectivity index (χ3n) is 8.14. The highest BCUT2D eigenvalue weighted by Crippen LogP contribution is 2.41. The minimum atomic E-state index is -1.36. The van der Waals surface area contributed by atoms with Gasteiger partial charge in [-0.2, -0.15) is 11.8 Å². The summed E-state index contributed by atoms with van der Waals surface area (Å²) in [5.41, 5.74) is 7.48. The summed E-state index contributed by atoms with van der Waals surface area (Å²) in [6.07, 6.45) is 1.93. The summed E-state index contributed by atoms with van der Waals surface area (Å²) < 4.78 is 36.8. The van der Waals surface area contributed by atoms with E-state index >= 15 is 4.39 Å². The molecule has 0 aliphatic carbocycles. The average Bonchev–Trinajstić information content (AvgIpc) is 3.43. The summed E-state index contributed by atoms with van der Waals surface area (Å²) in [5.74, 6) is -1.94. The van der Waals surface area contributed by atoms with Gasteiger partial charge in [0.1, 0.15) is 17.7 Å². The van der Waals surface area contributed by atoms with Gasteiger partial charge in [-0.15, -0.1) is 0 Å². The molecule has 2 unspecified atom stereocenters. The quantitative estimate of drug-likeness (QED) is 0.0921. The van der Waals surface area contributed by atoms with Gasteiger partial charge in [0.15, 0.2) is 0 Å². The van der Waals surface area contributed by atoms with Crippen molar-refractivity contribution in [1.29, 1.82) is 0 Å². The zero-order valence-electron chi connectivity index (χ0n) is 30.0. The number of carboxylic acids is 1. The van der Waals surface area contributed by atoms with Gasteiger partial charge in [-0.3, -0.25) is 9.59 Å². The van der Waals surface area contributed by atoms with E-state index < -0.39 is 49.3 Å². The lowest BCUT2D eigenvalue weighted by Gasteiger charge is -2.41. The number of thioether (sulfide) groups is 1. The first kappa shape index (κ1) is 40.7. The van der Waals surface area contributed by atoms with E-state index in [9.17, 15) is 18.8 Å². The predicted octanol–water partition coefficient (Wildman–Crippen LogP) is 7.39. The molecule has 9 nitrogen and oxygen atoms in total. The number of aromatic nitrogens is 1. The number of ether oxygens (including phenoxy) is 1. The predicted molar refractivity (Wildman–Crippen MR) is 199 cm³/mol. The topological polar surface area (TPSA) is 127 Å². The Morgan fingerprint density at radius 2 is 1.78 bits per heavy atom. The van der Waals surface area contributed by atoms with Crippen LogP contribution in [0.2, 0.25) is 25.7 Å². The number of nitrogens with two attached hydrogens (primary N) is 1. The molecule has 0 fully saturated rings. The molecule has 3 aromatic rings. The van der Waals surface area contributed by atoms with Crippen LogP contribution in [0.3, 0.4) is 0 Å². The minimum absolute atomic E-state index is 0.0792. The fourth-order valence-electron chi connectivity index (χ4n) is 5.53. The van der Waals surface area contributed by atoms with E-state index in [0.717, 1.165) is 29.4 Å². The Morgan fingerprint density at radius 3 is 2.42 bits per heavy atom. The zero-order chi connectivity index (χ0) is 37.1. The van der Waals surface area contributed by atoms with Crippen LogP contribution in [0.4, 0.5) is 13.6 Å². The molecule has 0 radical (unpaired) electrons. The van der Waals surface area contributed by atoms with Crippen LogP contribution in [0.25, 0.3) is 11.1 Å². The molecule has 0 saturated heterocycles. The van der Waals surface area contributed by atoms with Gasteiger partial charge in [0, 0.05) is 50.7 Å². The first-order valence-electron chi connectivity index (χ1n) is 16.9. The van der Waals surface area contributed by atoms with E-state index in [-0.39, 0.29) is 36.7 Å². The number of benzene rings is 2. The normalized spacial score (nSPS) is 13.1. The lowest BCUT2D eigenvalue weighted by atomic mass is 9.83.